The SMILES string of the molecule is CCCN(CCC)C(=O)c1cc(C)cc(C(=O)C[C@@H](Cc2cc(F)cc(F)c2)[C@H](O)CCNC(=O)CCC2CCN(C(=O)CCN(CC)CC)CC2)c1. The highest BCUT2D eigenvalue weighted by atomic mass is 19.1. The van der Waals surface area contributed by atoms with Crippen LogP contribution in [0.5, 0.6) is 0 Å². The van der Waals surface area contributed by atoms with Gasteiger partial charge in [0.2, 0.25) is 11.8 Å². The minimum atomic E-state index is -1.05. The Morgan fingerprint density at radius 2 is 1.49 bits per heavy atom. The van der Waals surface area contributed by atoms with Crippen molar-refractivity contribution in [1.82, 2.24) is 20.0 Å². The second-order valence-electron chi connectivity index (χ2n) is 14.6. The van der Waals surface area contributed by atoms with Crippen LogP contribution in [0.4, 0.5) is 8.78 Å². The molecule has 0 radical (unpaired) electrons. The van der Waals surface area contributed by atoms with Crippen LogP contribution in [0.2, 0.25) is 0 Å². The van der Waals surface area contributed by atoms with Gasteiger partial charge in [-0.05, 0) is 118 Å². The van der Waals surface area contributed by atoms with Crippen molar-refractivity contribution >= 4 is 23.5 Å². The third-order valence-electron chi connectivity index (χ3n) is 10.4. The number of rotatable bonds is 22. The molecule has 2 atom stereocenters. The molecule has 2 aromatic rings. The van der Waals surface area contributed by atoms with E-state index in [9.17, 15) is 33.1 Å². The fourth-order valence-electron chi connectivity index (χ4n) is 7.28. The summed E-state index contributed by atoms with van der Waals surface area (Å²) in [6.07, 6.45) is 3.96. The van der Waals surface area contributed by atoms with Crippen molar-refractivity contribution in [2.24, 2.45) is 11.8 Å². The predicted molar refractivity (Wildman–Crippen MR) is 205 cm³/mol. The van der Waals surface area contributed by atoms with Crippen molar-refractivity contribution in [2.45, 2.75) is 105 Å². The summed E-state index contributed by atoms with van der Waals surface area (Å²) < 4.78 is 28.2. The molecule has 1 aliphatic rings. The Hall–Kier alpha value is -3.70. The molecule has 1 fully saturated rings. The molecule has 1 heterocycles. The lowest BCUT2D eigenvalue weighted by atomic mass is 9.86. The third-order valence-corrected chi connectivity index (χ3v) is 10.4. The van der Waals surface area contributed by atoms with E-state index in [1.807, 2.05) is 25.7 Å². The van der Waals surface area contributed by atoms with Crippen LogP contribution >= 0.6 is 0 Å². The molecule has 0 unspecified atom stereocenters. The maximum Gasteiger partial charge on any atom is 0.253 e. The normalized spacial score (nSPS) is 14.6. The Labute approximate surface area is 315 Å². The Morgan fingerprint density at radius 3 is 2.09 bits per heavy atom. The van der Waals surface area contributed by atoms with Crippen molar-refractivity contribution in [3.63, 3.8) is 0 Å². The van der Waals surface area contributed by atoms with Crippen LogP contribution in [-0.4, -0.2) is 102 Å². The van der Waals surface area contributed by atoms with E-state index in [0.29, 0.717) is 68.0 Å². The number of carbonyl (C=O) groups is 4. The van der Waals surface area contributed by atoms with Gasteiger partial charge in [0.1, 0.15) is 11.6 Å². The smallest absolute Gasteiger partial charge is 0.253 e. The van der Waals surface area contributed by atoms with Gasteiger partial charge in [-0.15, -0.1) is 0 Å². The molecule has 1 aliphatic heterocycles. The predicted octanol–water partition coefficient (Wildman–Crippen LogP) is 6.59. The van der Waals surface area contributed by atoms with E-state index >= 15 is 0 Å². The summed E-state index contributed by atoms with van der Waals surface area (Å²) in [4.78, 5) is 58.4. The average molecular weight is 741 g/mol. The summed E-state index contributed by atoms with van der Waals surface area (Å²) in [5.74, 6) is -2.20. The van der Waals surface area contributed by atoms with Crippen LogP contribution in [0.1, 0.15) is 117 Å². The van der Waals surface area contributed by atoms with Gasteiger partial charge >= 0.3 is 0 Å². The molecular formula is C42H62F2N4O5. The molecule has 294 valence electrons. The van der Waals surface area contributed by atoms with Gasteiger partial charge in [0.05, 0.1) is 6.10 Å². The highest BCUT2D eigenvalue weighted by molar-refractivity contribution is 6.01. The Morgan fingerprint density at radius 1 is 0.868 bits per heavy atom. The fourth-order valence-corrected chi connectivity index (χ4v) is 7.28. The molecular weight excluding hydrogens is 678 g/mol. The highest BCUT2D eigenvalue weighted by Gasteiger charge is 2.26. The summed E-state index contributed by atoms with van der Waals surface area (Å²) in [5.41, 5.74) is 1.83. The van der Waals surface area contributed by atoms with Crippen molar-refractivity contribution in [3.05, 3.63) is 70.3 Å². The number of Topliss-reactive ketones (excluding diaryl/α,β-unsaturated/α-hetero) is 1. The number of ketones is 1. The molecule has 9 nitrogen and oxygen atoms in total. The summed E-state index contributed by atoms with van der Waals surface area (Å²) in [6, 6.07) is 8.24. The van der Waals surface area contributed by atoms with Gasteiger partial charge in [0.15, 0.2) is 5.78 Å². The van der Waals surface area contributed by atoms with Gasteiger partial charge in [0.25, 0.3) is 5.91 Å². The monoisotopic (exact) mass is 740 g/mol. The summed E-state index contributed by atoms with van der Waals surface area (Å²) in [6.45, 7) is 15.5. The Bertz CT molecular complexity index is 1470. The van der Waals surface area contributed by atoms with Gasteiger partial charge < -0.3 is 25.1 Å². The number of likely N-dealkylation sites (tertiary alicyclic amines) is 1. The van der Waals surface area contributed by atoms with Crippen LogP contribution in [0, 0.1) is 30.4 Å². The standard InChI is InChI=1S/C42H62F2N4O5/c1-6-17-48(18-7-2)42(53)35-23-30(5)22-33(27-35)39(50)28-34(24-32-25-36(43)29-37(44)26-32)38(49)12-16-45-40(51)11-10-31-13-20-47(21-14-31)41(52)15-19-46(8-3)9-4/h22-23,25-27,29,31,34,38,49H,6-21,24,28H2,1-5H3,(H,45,51)/t34-,38-/m1/s1. The van der Waals surface area contributed by atoms with Crippen LogP contribution in [0.25, 0.3) is 0 Å². The van der Waals surface area contributed by atoms with Crippen molar-refractivity contribution in [2.75, 3.05) is 52.4 Å². The third kappa shape index (κ3) is 14.6. The number of aliphatic hydroxyl groups excluding tert-OH is 1. The number of benzene rings is 2. The van der Waals surface area contributed by atoms with Crippen LogP contribution < -0.4 is 5.32 Å². The number of nitrogens with one attached hydrogen (secondary N) is 1. The quantitative estimate of drug-likeness (QED) is 0.132. The van der Waals surface area contributed by atoms with Gasteiger partial charge in [-0.2, -0.15) is 0 Å². The highest BCUT2D eigenvalue weighted by Crippen LogP contribution is 2.25. The van der Waals surface area contributed by atoms with E-state index in [-0.39, 0.29) is 49.3 Å². The zero-order valence-electron chi connectivity index (χ0n) is 32.6. The zero-order valence-corrected chi connectivity index (χ0v) is 32.6. The van der Waals surface area contributed by atoms with Gasteiger partial charge in [0, 0.05) is 75.7 Å². The minimum Gasteiger partial charge on any atom is -0.393 e. The molecule has 1 saturated heterocycles. The van der Waals surface area contributed by atoms with E-state index in [1.165, 1.54) is 12.1 Å². The topological polar surface area (TPSA) is 110 Å². The maximum absolute atomic E-state index is 14.1. The van der Waals surface area contributed by atoms with E-state index < -0.39 is 23.7 Å². The largest absolute Gasteiger partial charge is 0.393 e. The zero-order chi connectivity index (χ0) is 38.9. The van der Waals surface area contributed by atoms with Crippen molar-refractivity contribution in [1.29, 1.82) is 0 Å². The number of aliphatic hydroxyl groups is 1. The molecule has 2 aromatic carbocycles. The molecule has 2 N–H and O–H groups in total. The molecule has 0 spiro atoms. The van der Waals surface area contributed by atoms with Gasteiger partial charge in [-0.3, -0.25) is 19.2 Å². The lowest BCUT2D eigenvalue weighted by molar-refractivity contribution is -0.133. The molecule has 0 aliphatic carbocycles. The Balaban J connectivity index is 1.57. The number of aryl methyl sites for hydroxylation is 1. The van der Waals surface area contributed by atoms with E-state index in [2.05, 4.69) is 24.1 Å². The van der Waals surface area contributed by atoms with E-state index in [4.69, 9.17) is 0 Å². The number of nitrogens with zero attached hydrogens (tertiary/aromatic N) is 3. The van der Waals surface area contributed by atoms with E-state index in [0.717, 1.165) is 56.9 Å². The number of halogens is 2. The van der Waals surface area contributed by atoms with Gasteiger partial charge in [-0.25, -0.2) is 8.78 Å². The van der Waals surface area contributed by atoms with Crippen LogP contribution in [-0.2, 0) is 16.0 Å². The lowest BCUT2D eigenvalue weighted by Gasteiger charge is -2.32. The first-order chi connectivity index (χ1) is 25.4. The number of piperidine rings is 1. The first kappa shape index (κ1) is 43.7. The molecule has 53 heavy (non-hydrogen) atoms. The minimum absolute atomic E-state index is 0.0462. The first-order valence-corrected chi connectivity index (χ1v) is 19.7. The number of amides is 3. The summed E-state index contributed by atoms with van der Waals surface area (Å²) in [5, 5.41) is 14.2. The van der Waals surface area contributed by atoms with E-state index in [1.54, 1.807) is 23.1 Å². The van der Waals surface area contributed by atoms with Gasteiger partial charge in [-0.1, -0.05) is 27.7 Å². The Kier molecular flexibility index (Phi) is 18.6. The average Bonchev–Trinajstić information content (AvgIpc) is 3.13. The molecule has 11 heteroatoms. The first-order valence-electron chi connectivity index (χ1n) is 19.7. The second kappa shape index (κ2) is 22.5. The van der Waals surface area contributed by atoms with Crippen molar-refractivity contribution < 1.29 is 33.1 Å². The molecule has 0 bridgehead atoms. The summed E-state index contributed by atoms with van der Waals surface area (Å²) >= 11 is 0. The maximum atomic E-state index is 14.1. The van der Waals surface area contributed by atoms with Crippen LogP contribution in [0.15, 0.2) is 36.4 Å². The van der Waals surface area contributed by atoms with Crippen molar-refractivity contribution in [3.8, 4) is 0 Å². The molecule has 3 rings (SSSR count). The summed E-state index contributed by atoms with van der Waals surface area (Å²) in [7, 11) is 0. The second-order valence-corrected chi connectivity index (χ2v) is 14.6. The fraction of sp³-hybridized carbons (Fsp3) is 0.619. The number of hydrogen-bond donors (Lipinski definition) is 2. The van der Waals surface area contributed by atoms with Crippen LogP contribution in [0.3, 0.4) is 0 Å². The number of hydrogen-bond acceptors (Lipinski definition) is 6. The number of carbonyl (C=O) groups excluding carboxylic acids is 4. The molecule has 3 amide bonds. The molecule has 0 aromatic heterocycles. The lowest BCUT2D eigenvalue weighted by Crippen LogP contribution is -2.40. The molecule has 0 saturated carbocycles.